The molecule has 86 valence electrons. The van der Waals surface area contributed by atoms with E-state index in [2.05, 4.69) is 25.2 Å². The quantitative estimate of drug-likeness (QED) is 0.848. The lowest BCUT2D eigenvalue weighted by Crippen LogP contribution is -2.26. The Labute approximate surface area is 95.8 Å². The van der Waals surface area contributed by atoms with Crippen molar-refractivity contribution in [2.24, 2.45) is 5.92 Å². The number of fused-ring (bicyclic) bond motifs is 1. The molecule has 0 saturated heterocycles. The van der Waals surface area contributed by atoms with Crippen LogP contribution in [0, 0.1) is 5.92 Å². The van der Waals surface area contributed by atoms with E-state index >= 15 is 0 Å². The Morgan fingerprint density at radius 1 is 1.44 bits per heavy atom. The van der Waals surface area contributed by atoms with Crippen molar-refractivity contribution in [1.82, 2.24) is 0 Å². The second-order valence-electron chi connectivity index (χ2n) is 4.56. The van der Waals surface area contributed by atoms with Crippen LogP contribution < -0.4 is 10.1 Å². The topological polar surface area (TPSA) is 38.3 Å². The Hall–Kier alpha value is -1.51. The Balaban J connectivity index is 2.20. The SMILES string of the molecule is CC(C)CCc1cccc2c1OCC(=O)N2. The van der Waals surface area contributed by atoms with Crippen molar-refractivity contribution in [2.75, 3.05) is 11.9 Å². The van der Waals surface area contributed by atoms with Crippen LogP contribution >= 0.6 is 0 Å². The fraction of sp³-hybridized carbons (Fsp3) is 0.462. The second kappa shape index (κ2) is 4.56. The van der Waals surface area contributed by atoms with E-state index in [1.54, 1.807) is 0 Å². The number of amides is 1. The van der Waals surface area contributed by atoms with Gasteiger partial charge in [-0.2, -0.15) is 0 Å². The molecular formula is C13H17NO2. The Morgan fingerprint density at radius 3 is 3.00 bits per heavy atom. The van der Waals surface area contributed by atoms with Crippen molar-refractivity contribution in [2.45, 2.75) is 26.7 Å². The number of nitrogens with one attached hydrogen (secondary N) is 1. The van der Waals surface area contributed by atoms with Gasteiger partial charge in [-0.1, -0.05) is 26.0 Å². The van der Waals surface area contributed by atoms with Gasteiger partial charge >= 0.3 is 0 Å². The van der Waals surface area contributed by atoms with Crippen LogP contribution in [0.25, 0.3) is 0 Å². The molecule has 0 saturated carbocycles. The zero-order chi connectivity index (χ0) is 11.5. The predicted octanol–water partition coefficient (Wildman–Crippen LogP) is 2.61. The second-order valence-corrected chi connectivity index (χ2v) is 4.56. The van der Waals surface area contributed by atoms with Gasteiger partial charge in [-0.25, -0.2) is 0 Å². The summed E-state index contributed by atoms with van der Waals surface area (Å²) < 4.78 is 5.49. The summed E-state index contributed by atoms with van der Waals surface area (Å²) in [6.07, 6.45) is 2.13. The molecule has 0 atom stereocenters. The van der Waals surface area contributed by atoms with Gasteiger partial charge in [0.15, 0.2) is 6.61 Å². The number of benzene rings is 1. The smallest absolute Gasteiger partial charge is 0.262 e. The minimum Gasteiger partial charge on any atom is -0.481 e. The van der Waals surface area contributed by atoms with Crippen LogP contribution in [0.15, 0.2) is 18.2 Å². The molecule has 0 radical (unpaired) electrons. The third-order valence-corrected chi connectivity index (χ3v) is 2.71. The summed E-state index contributed by atoms with van der Waals surface area (Å²) in [6.45, 7) is 4.54. The predicted molar refractivity (Wildman–Crippen MR) is 63.7 cm³/mol. The summed E-state index contributed by atoms with van der Waals surface area (Å²) in [7, 11) is 0. The van der Waals surface area contributed by atoms with E-state index in [1.807, 2.05) is 12.1 Å². The van der Waals surface area contributed by atoms with Crippen molar-refractivity contribution < 1.29 is 9.53 Å². The van der Waals surface area contributed by atoms with Gasteiger partial charge in [0.05, 0.1) is 5.69 Å². The average molecular weight is 219 g/mol. The van der Waals surface area contributed by atoms with Crippen molar-refractivity contribution in [1.29, 1.82) is 0 Å². The van der Waals surface area contributed by atoms with Crippen molar-refractivity contribution in [3.05, 3.63) is 23.8 Å². The molecule has 1 aromatic carbocycles. The number of carbonyl (C=O) groups excluding carboxylic acids is 1. The van der Waals surface area contributed by atoms with Gasteiger partial charge in [0.25, 0.3) is 5.91 Å². The number of rotatable bonds is 3. The molecule has 0 aliphatic carbocycles. The van der Waals surface area contributed by atoms with Gasteiger partial charge < -0.3 is 10.1 Å². The summed E-state index contributed by atoms with van der Waals surface area (Å²) in [5.74, 6) is 1.45. The first-order valence-corrected chi connectivity index (χ1v) is 5.71. The minimum absolute atomic E-state index is 0.0755. The fourth-order valence-electron chi connectivity index (χ4n) is 1.82. The normalized spacial score (nSPS) is 14.3. The average Bonchev–Trinajstić information content (AvgIpc) is 2.25. The summed E-state index contributed by atoms with van der Waals surface area (Å²) in [6, 6.07) is 5.91. The standard InChI is InChI=1S/C13H17NO2/c1-9(2)6-7-10-4-3-5-11-13(10)16-8-12(15)14-11/h3-5,9H,6-8H2,1-2H3,(H,14,15). The van der Waals surface area contributed by atoms with Crippen LogP contribution in [0.2, 0.25) is 0 Å². The molecule has 1 heterocycles. The molecule has 0 bridgehead atoms. The lowest BCUT2D eigenvalue weighted by Gasteiger charge is -2.20. The monoisotopic (exact) mass is 219 g/mol. The van der Waals surface area contributed by atoms with Gasteiger partial charge in [0.1, 0.15) is 5.75 Å². The summed E-state index contributed by atoms with van der Waals surface area (Å²) >= 11 is 0. The largest absolute Gasteiger partial charge is 0.481 e. The molecule has 0 spiro atoms. The third-order valence-electron chi connectivity index (χ3n) is 2.71. The van der Waals surface area contributed by atoms with Crippen LogP contribution in [-0.4, -0.2) is 12.5 Å². The Morgan fingerprint density at radius 2 is 2.25 bits per heavy atom. The number of ether oxygens (including phenoxy) is 1. The summed E-state index contributed by atoms with van der Waals surface area (Å²) in [4.78, 5) is 11.2. The molecule has 1 aliphatic heterocycles. The van der Waals surface area contributed by atoms with Crippen LogP contribution in [0.1, 0.15) is 25.8 Å². The third kappa shape index (κ3) is 2.35. The zero-order valence-corrected chi connectivity index (χ0v) is 9.75. The number of carbonyl (C=O) groups is 1. The van der Waals surface area contributed by atoms with Crippen LogP contribution in [0.3, 0.4) is 0 Å². The van der Waals surface area contributed by atoms with Crippen molar-refractivity contribution in [3.8, 4) is 5.75 Å². The molecule has 1 amide bonds. The maximum Gasteiger partial charge on any atom is 0.262 e. The first-order valence-electron chi connectivity index (χ1n) is 5.71. The molecule has 0 fully saturated rings. The van der Waals surface area contributed by atoms with E-state index in [-0.39, 0.29) is 12.5 Å². The Bertz CT molecular complexity index is 399. The maximum absolute atomic E-state index is 11.2. The van der Waals surface area contributed by atoms with E-state index < -0.39 is 0 Å². The van der Waals surface area contributed by atoms with Crippen molar-refractivity contribution in [3.63, 3.8) is 0 Å². The highest BCUT2D eigenvalue weighted by atomic mass is 16.5. The number of hydrogen-bond donors (Lipinski definition) is 1. The van der Waals surface area contributed by atoms with E-state index in [4.69, 9.17) is 4.74 Å². The van der Waals surface area contributed by atoms with Crippen LogP contribution in [-0.2, 0) is 11.2 Å². The maximum atomic E-state index is 11.2. The highest BCUT2D eigenvalue weighted by molar-refractivity contribution is 5.95. The van der Waals surface area contributed by atoms with Crippen molar-refractivity contribution >= 4 is 11.6 Å². The fourth-order valence-corrected chi connectivity index (χ4v) is 1.82. The van der Waals surface area contributed by atoms with Gasteiger partial charge in [0.2, 0.25) is 0 Å². The van der Waals surface area contributed by atoms with E-state index in [0.717, 1.165) is 24.3 Å². The molecule has 0 aromatic heterocycles. The van der Waals surface area contributed by atoms with Gasteiger partial charge in [-0.3, -0.25) is 4.79 Å². The first-order chi connectivity index (χ1) is 7.66. The molecule has 16 heavy (non-hydrogen) atoms. The van der Waals surface area contributed by atoms with Gasteiger partial charge in [-0.05, 0) is 30.4 Å². The molecule has 1 N–H and O–H groups in total. The molecule has 3 nitrogen and oxygen atoms in total. The molecule has 0 unspecified atom stereocenters. The highest BCUT2D eigenvalue weighted by Gasteiger charge is 2.18. The Kier molecular flexibility index (Phi) is 3.13. The molecule has 1 aliphatic rings. The highest BCUT2D eigenvalue weighted by Crippen LogP contribution is 2.32. The molecule has 3 heteroatoms. The zero-order valence-electron chi connectivity index (χ0n) is 9.75. The first kappa shape index (κ1) is 11.0. The lowest BCUT2D eigenvalue weighted by atomic mass is 10.0. The number of para-hydroxylation sites is 1. The number of hydrogen-bond acceptors (Lipinski definition) is 2. The van der Waals surface area contributed by atoms with E-state index in [0.29, 0.717) is 5.92 Å². The molecular weight excluding hydrogens is 202 g/mol. The summed E-state index contributed by atoms with van der Waals surface area (Å²) in [5.41, 5.74) is 1.99. The van der Waals surface area contributed by atoms with Gasteiger partial charge in [0, 0.05) is 0 Å². The number of anilines is 1. The summed E-state index contributed by atoms with van der Waals surface area (Å²) in [5, 5.41) is 2.82. The van der Waals surface area contributed by atoms with Crippen LogP contribution in [0.4, 0.5) is 5.69 Å². The van der Waals surface area contributed by atoms with E-state index in [1.165, 1.54) is 5.56 Å². The number of aryl methyl sites for hydroxylation is 1. The minimum atomic E-state index is -0.0755. The lowest BCUT2D eigenvalue weighted by molar-refractivity contribution is -0.118. The molecule has 2 rings (SSSR count). The van der Waals surface area contributed by atoms with Gasteiger partial charge in [-0.15, -0.1) is 0 Å². The van der Waals surface area contributed by atoms with E-state index in [9.17, 15) is 4.79 Å². The molecule has 1 aromatic rings. The van der Waals surface area contributed by atoms with Crippen LogP contribution in [0.5, 0.6) is 5.75 Å².